The van der Waals surface area contributed by atoms with E-state index in [0.29, 0.717) is 29.6 Å². The van der Waals surface area contributed by atoms with Crippen LogP contribution in [-0.2, 0) is 6.42 Å². The second kappa shape index (κ2) is 6.99. The van der Waals surface area contributed by atoms with Crippen LogP contribution in [0.3, 0.4) is 0 Å². The Labute approximate surface area is 156 Å². The summed E-state index contributed by atoms with van der Waals surface area (Å²) in [6, 6.07) is 17.7. The van der Waals surface area contributed by atoms with Gasteiger partial charge in [-0.15, -0.1) is 0 Å². The van der Waals surface area contributed by atoms with Crippen molar-refractivity contribution in [3.63, 3.8) is 0 Å². The lowest BCUT2D eigenvalue weighted by Gasteiger charge is -2.10. The van der Waals surface area contributed by atoms with Gasteiger partial charge in [-0.2, -0.15) is 0 Å². The number of aromatic amines is 1. The van der Waals surface area contributed by atoms with Crippen LogP contribution < -0.4 is 10.9 Å². The maximum Gasteiger partial charge on any atom is 0.256 e. The maximum atomic E-state index is 12.6. The molecule has 0 bridgehead atoms. The molecule has 0 unspecified atom stereocenters. The van der Waals surface area contributed by atoms with Crippen molar-refractivity contribution in [3.05, 3.63) is 87.5 Å². The van der Waals surface area contributed by atoms with E-state index in [0.717, 1.165) is 22.2 Å². The van der Waals surface area contributed by atoms with E-state index in [-0.39, 0.29) is 5.56 Å². The van der Waals surface area contributed by atoms with Gasteiger partial charge in [0.15, 0.2) is 0 Å². The summed E-state index contributed by atoms with van der Waals surface area (Å²) >= 11 is 0. The van der Waals surface area contributed by atoms with Gasteiger partial charge < -0.3 is 0 Å². The standard InChI is InChI=1S/C21H19N5O/c1-13-16-10-6-7-11-18(16)24-20(22-13)26-21-23-14(2)17(19(27)25-21)12-15-8-4-3-5-9-15/h3-11H,12H2,1-2H3,(H2,22,23,24,25,26,27). The highest BCUT2D eigenvalue weighted by molar-refractivity contribution is 5.81. The fourth-order valence-corrected chi connectivity index (χ4v) is 3.07. The Morgan fingerprint density at radius 3 is 2.41 bits per heavy atom. The molecule has 0 aliphatic carbocycles. The first-order chi connectivity index (χ1) is 13.1. The van der Waals surface area contributed by atoms with Gasteiger partial charge in [-0.25, -0.2) is 15.0 Å². The summed E-state index contributed by atoms with van der Waals surface area (Å²) in [5, 5.41) is 4.02. The lowest BCUT2D eigenvalue weighted by Crippen LogP contribution is -2.19. The molecule has 6 heteroatoms. The maximum absolute atomic E-state index is 12.6. The normalized spacial score (nSPS) is 10.9. The zero-order chi connectivity index (χ0) is 18.8. The van der Waals surface area contributed by atoms with Crippen LogP contribution in [-0.4, -0.2) is 19.9 Å². The van der Waals surface area contributed by atoms with Crippen molar-refractivity contribution < 1.29 is 0 Å². The number of fused-ring (bicyclic) bond motifs is 1. The van der Waals surface area contributed by atoms with Crippen molar-refractivity contribution in [1.29, 1.82) is 0 Å². The largest absolute Gasteiger partial charge is 0.294 e. The van der Waals surface area contributed by atoms with E-state index in [1.54, 1.807) is 0 Å². The molecule has 4 aromatic rings. The molecule has 4 rings (SSSR count). The molecule has 0 saturated heterocycles. The number of hydrogen-bond donors (Lipinski definition) is 2. The molecule has 0 spiro atoms. The fraction of sp³-hybridized carbons (Fsp3) is 0.143. The predicted molar refractivity (Wildman–Crippen MR) is 106 cm³/mol. The summed E-state index contributed by atoms with van der Waals surface area (Å²) in [4.78, 5) is 28.8. The molecule has 2 heterocycles. The smallest absolute Gasteiger partial charge is 0.256 e. The quantitative estimate of drug-likeness (QED) is 0.582. The number of para-hydroxylation sites is 1. The molecule has 2 aromatic carbocycles. The minimum absolute atomic E-state index is 0.161. The molecular formula is C21H19N5O. The van der Waals surface area contributed by atoms with Gasteiger partial charge >= 0.3 is 0 Å². The molecule has 134 valence electrons. The Morgan fingerprint density at radius 1 is 0.889 bits per heavy atom. The number of hydrogen-bond acceptors (Lipinski definition) is 5. The minimum atomic E-state index is -0.161. The molecule has 0 radical (unpaired) electrons. The van der Waals surface area contributed by atoms with Crippen LogP contribution in [0.4, 0.5) is 11.9 Å². The Balaban J connectivity index is 1.65. The number of rotatable bonds is 4. The van der Waals surface area contributed by atoms with Crippen molar-refractivity contribution in [1.82, 2.24) is 19.9 Å². The van der Waals surface area contributed by atoms with E-state index in [1.807, 2.05) is 68.4 Å². The summed E-state index contributed by atoms with van der Waals surface area (Å²) < 4.78 is 0. The van der Waals surface area contributed by atoms with Crippen LogP contribution in [0.2, 0.25) is 0 Å². The van der Waals surface area contributed by atoms with Crippen LogP contribution in [0.1, 0.15) is 22.5 Å². The molecule has 2 N–H and O–H groups in total. The monoisotopic (exact) mass is 357 g/mol. The number of H-pyrrole nitrogens is 1. The third-order valence-corrected chi connectivity index (χ3v) is 4.47. The Bertz CT molecular complexity index is 1170. The number of benzene rings is 2. The van der Waals surface area contributed by atoms with Gasteiger partial charge in [0.2, 0.25) is 11.9 Å². The Hall–Kier alpha value is -3.54. The van der Waals surface area contributed by atoms with Crippen molar-refractivity contribution in [2.45, 2.75) is 20.3 Å². The van der Waals surface area contributed by atoms with Crippen molar-refractivity contribution in [3.8, 4) is 0 Å². The van der Waals surface area contributed by atoms with Crippen molar-refractivity contribution >= 4 is 22.8 Å². The number of aryl methyl sites for hydroxylation is 2. The molecule has 27 heavy (non-hydrogen) atoms. The van der Waals surface area contributed by atoms with Crippen LogP contribution in [0.15, 0.2) is 59.4 Å². The van der Waals surface area contributed by atoms with Gasteiger partial charge in [-0.1, -0.05) is 48.5 Å². The van der Waals surface area contributed by atoms with Gasteiger partial charge in [0, 0.05) is 17.4 Å². The summed E-state index contributed by atoms with van der Waals surface area (Å²) in [7, 11) is 0. The summed E-state index contributed by atoms with van der Waals surface area (Å²) in [5.74, 6) is 0.744. The first kappa shape index (κ1) is 16.9. The van der Waals surface area contributed by atoms with Gasteiger partial charge in [0.05, 0.1) is 16.9 Å². The number of nitrogens with one attached hydrogen (secondary N) is 2. The second-order valence-electron chi connectivity index (χ2n) is 6.42. The van der Waals surface area contributed by atoms with E-state index < -0.39 is 0 Å². The first-order valence-corrected chi connectivity index (χ1v) is 8.74. The SMILES string of the molecule is Cc1nc(Nc2nc(C)c3ccccc3n2)[nH]c(=O)c1Cc1ccccc1. The molecular weight excluding hydrogens is 338 g/mol. The van der Waals surface area contributed by atoms with E-state index >= 15 is 0 Å². The van der Waals surface area contributed by atoms with Gasteiger partial charge in [-0.05, 0) is 25.5 Å². The van der Waals surface area contributed by atoms with E-state index in [1.165, 1.54) is 0 Å². The van der Waals surface area contributed by atoms with E-state index in [9.17, 15) is 4.79 Å². The first-order valence-electron chi connectivity index (χ1n) is 8.74. The summed E-state index contributed by atoms with van der Waals surface area (Å²) in [5.41, 5.74) is 3.95. The lowest BCUT2D eigenvalue weighted by molar-refractivity contribution is 0.978. The molecule has 0 amide bonds. The molecule has 0 fully saturated rings. The summed E-state index contributed by atoms with van der Waals surface area (Å²) in [6.45, 7) is 3.77. The Morgan fingerprint density at radius 2 is 1.63 bits per heavy atom. The molecule has 0 saturated carbocycles. The highest BCUT2D eigenvalue weighted by Gasteiger charge is 2.11. The van der Waals surface area contributed by atoms with Crippen LogP contribution in [0, 0.1) is 13.8 Å². The summed E-state index contributed by atoms with van der Waals surface area (Å²) in [6.07, 6.45) is 0.543. The lowest BCUT2D eigenvalue weighted by atomic mass is 10.1. The second-order valence-corrected chi connectivity index (χ2v) is 6.42. The zero-order valence-corrected chi connectivity index (χ0v) is 15.2. The average molecular weight is 357 g/mol. The number of anilines is 2. The molecule has 2 aromatic heterocycles. The number of nitrogens with zero attached hydrogens (tertiary/aromatic N) is 3. The van der Waals surface area contributed by atoms with E-state index in [2.05, 4.69) is 25.3 Å². The Kier molecular flexibility index (Phi) is 4.38. The average Bonchev–Trinajstić information content (AvgIpc) is 2.66. The minimum Gasteiger partial charge on any atom is -0.294 e. The predicted octanol–water partition coefficient (Wildman–Crippen LogP) is 3.66. The van der Waals surface area contributed by atoms with Gasteiger partial charge in [0.1, 0.15) is 0 Å². The molecule has 0 aliphatic heterocycles. The molecule has 0 aliphatic rings. The van der Waals surface area contributed by atoms with Crippen LogP contribution >= 0.6 is 0 Å². The van der Waals surface area contributed by atoms with Crippen molar-refractivity contribution in [2.24, 2.45) is 0 Å². The molecule has 0 atom stereocenters. The van der Waals surface area contributed by atoms with Gasteiger partial charge in [0.25, 0.3) is 5.56 Å². The molecule has 6 nitrogen and oxygen atoms in total. The van der Waals surface area contributed by atoms with Crippen molar-refractivity contribution in [2.75, 3.05) is 5.32 Å². The number of aromatic nitrogens is 4. The van der Waals surface area contributed by atoms with Crippen LogP contribution in [0.25, 0.3) is 10.9 Å². The fourth-order valence-electron chi connectivity index (χ4n) is 3.07. The zero-order valence-electron chi connectivity index (χ0n) is 15.2. The highest BCUT2D eigenvalue weighted by Crippen LogP contribution is 2.18. The van der Waals surface area contributed by atoms with Crippen LogP contribution in [0.5, 0.6) is 0 Å². The van der Waals surface area contributed by atoms with E-state index in [4.69, 9.17) is 0 Å². The van der Waals surface area contributed by atoms with Gasteiger partial charge in [-0.3, -0.25) is 15.1 Å². The third kappa shape index (κ3) is 3.55. The topological polar surface area (TPSA) is 83.6 Å². The third-order valence-electron chi connectivity index (χ3n) is 4.47. The highest BCUT2D eigenvalue weighted by atomic mass is 16.1.